The van der Waals surface area contributed by atoms with Gasteiger partial charge in [-0.3, -0.25) is 14.9 Å². The van der Waals surface area contributed by atoms with E-state index in [1.54, 1.807) is 42.5 Å². The first kappa shape index (κ1) is 22.2. The van der Waals surface area contributed by atoms with Gasteiger partial charge in [0.05, 0.1) is 20.6 Å². The number of methoxy groups -OCH3 is 2. The van der Waals surface area contributed by atoms with Gasteiger partial charge in [-0.15, -0.1) is 0 Å². The minimum atomic E-state index is -1.28. The molecule has 1 atom stereocenters. The van der Waals surface area contributed by atoms with Gasteiger partial charge in [-0.25, -0.2) is 4.79 Å². The third-order valence-corrected chi connectivity index (χ3v) is 4.68. The van der Waals surface area contributed by atoms with Gasteiger partial charge in [0.15, 0.2) is 11.5 Å². The first-order chi connectivity index (χ1) is 13.9. The molecule has 0 aliphatic heterocycles. The van der Waals surface area contributed by atoms with Gasteiger partial charge >= 0.3 is 12.0 Å². The Morgan fingerprint density at radius 2 is 1.66 bits per heavy atom. The number of ether oxygens (including phenoxy) is 3. The van der Waals surface area contributed by atoms with Crippen molar-refractivity contribution in [1.29, 1.82) is 0 Å². The molecule has 0 saturated heterocycles. The first-order valence-corrected chi connectivity index (χ1v) is 9.36. The zero-order chi connectivity index (χ0) is 21.4. The number of carbonyl (C=O) groups is 3. The van der Waals surface area contributed by atoms with E-state index in [9.17, 15) is 14.4 Å². The largest absolute Gasteiger partial charge is 0.493 e. The van der Waals surface area contributed by atoms with Crippen LogP contribution in [0.25, 0.3) is 0 Å². The van der Waals surface area contributed by atoms with Crippen LogP contribution < -0.4 is 20.1 Å². The molecule has 2 aromatic rings. The lowest BCUT2D eigenvalue weighted by molar-refractivity contribution is -0.155. The van der Waals surface area contributed by atoms with Gasteiger partial charge in [0.25, 0.3) is 5.91 Å². The standard InChI is InChI=1S/C20H21BrN2O6/c1-22-20(26)23-19(25)18(12-7-5-4-6-8-12)29-17(24)10-13-9-15(27-2)16(28-3)11-14(13)21/h4-9,11,18H,10H2,1-3H3,(H2,22,23,25,26)/t18-/m0/s1. The Hall–Kier alpha value is -3.07. The van der Waals surface area contributed by atoms with Gasteiger partial charge in [0.1, 0.15) is 0 Å². The third-order valence-electron chi connectivity index (χ3n) is 3.94. The Bertz CT molecular complexity index is 888. The number of esters is 1. The number of halogens is 1. The van der Waals surface area contributed by atoms with Crippen LogP contribution in [0, 0.1) is 0 Å². The molecule has 0 aliphatic rings. The summed E-state index contributed by atoms with van der Waals surface area (Å²) in [6.45, 7) is 0. The van der Waals surface area contributed by atoms with Crippen LogP contribution in [0.5, 0.6) is 11.5 Å². The summed E-state index contributed by atoms with van der Waals surface area (Å²) in [4.78, 5) is 36.5. The van der Waals surface area contributed by atoms with Crippen LogP contribution in [0.2, 0.25) is 0 Å². The molecule has 0 aliphatic carbocycles. The fraction of sp³-hybridized carbons (Fsp3) is 0.250. The predicted octanol–water partition coefficient (Wildman–Crippen LogP) is 2.75. The SMILES string of the molecule is CNC(=O)NC(=O)[C@@H](OC(=O)Cc1cc(OC)c(OC)cc1Br)c1ccccc1. The smallest absolute Gasteiger partial charge is 0.321 e. The first-order valence-electron chi connectivity index (χ1n) is 8.57. The summed E-state index contributed by atoms with van der Waals surface area (Å²) in [7, 11) is 4.37. The Morgan fingerprint density at radius 3 is 2.24 bits per heavy atom. The molecule has 0 fully saturated rings. The van der Waals surface area contributed by atoms with Gasteiger partial charge in [0.2, 0.25) is 6.10 Å². The maximum Gasteiger partial charge on any atom is 0.321 e. The van der Waals surface area contributed by atoms with Crippen molar-refractivity contribution in [3.63, 3.8) is 0 Å². The number of hydrogen-bond acceptors (Lipinski definition) is 6. The maximum absolute atomic E-state index is 12.6. The second-order valence-electron chi connectivity index (χ2n) is 5.82. The molecule has 154 valence electrons. The monoisotopic (exact) mass is 464 g/mol. The minimum Gasteiger partial charge on any atom is -0.493 e. The lowest BCUT2D eigenvalue weighted by Crippen LogP contribution is -2.41. The second kappa shape index (κ2) is 10.5. The molecular formula is C20H21BrN2O6. The molecular weight excluding hydrogens is 444 g/mol. The molecule has 0 bridgehead atoms. The van der Waals surface area contributed by atoms with Gasteiger partial charge in [-0.1, -0.05) is 46.3 Å². The highest BCUT2D eigenvalue weighted by molar-refractivity contribution is 9.10. The summed E-state index contributed by atoms with van der Waals surface area (Å²) in [5.41, 5.74) is 1.03. The number of nitrogens with one attached hydrogen (secondary N) is 2. The van der Waals surface area contributed by atoms with E-state index in [1.165, 1.54) is 21.3 Å². The van der Waals surface area contributed by atoms with Gasteiger partial charge in [0, 0.05) is 17.1 Å². The zero-order valence-corrected chi connectivity index (χ0v) is 17.7. The molecule has 0 saturated carbocycles. The van der Waals surface area contributed by atoms with Crippen molar-refractivity contribution in [3.05, 3.63) is 58.1 Å². The number of imide groups is 1. The molecule has 0 unspecified atom stereocenters. The van der Waals surface area contributed by atoms with Crippen molar-refractivity contribution in [1.82, 2.24) is 10.6 Å². The topological polar surface area (TPSA) is 103 Å². The molecule has 8 nitrogen and oxygen atoms in total. The van der Waals surface area contributed by atoms with E-state index in [1.807, 2.05) is 0 Å². The van der Waals surface area contributed by atoms with Crippen LogP contribution in [0.1, 0.15) is 17.2 Å². The van der Waals surface area contributed by atoms with Crippen LogP contribution in [0.4, 0.5) is 4.79 Å². The zero-order valence-electron chi connectivity index (χ0n) is 16.2. The quantitative estimate of drug-likeness (QED) is 0.610. The van der Waals surface area contributed by atoms with Crippen molar-refractivity contribution >= 4 is 33.8 Å². The number of urea groups is 1. The summed E-state index contributed by atoms with van der Waals surface area (Å²) in [6.07, 6.45) is -1.41. The van der Waals surface area contributed by atoms with Crippen LogP contribution in [-0.4, -0.2) is 39.2 Å². The van der Waals surface area contributed by atoms with E-state index >= 15 is 0 Å². The number of benzene rings is 2. The lowest BCUT2D eigenvalue weighted by Gasteiger charge is -2.18. The van der Waals surface area contributed by atoms with Crippen LogP contribution in [0.3, 0.4) is 0 Å². The van der Waals surface area contributed by atoms with Crippen LogP contribution >= 0.6 is 15.9 Å². The Morgan fingerprint density at radius 1 is 1.03 bits per heavy atom. The summed E-state index contributed by atoms with van der Waals surface area (Å²) in [5.74, 6) is -0.451. The van der Waals surface area contributed by atoms with E-state index in [2.05, 4.69) is 26.6 Å². The average molecular weight is 465 g/mol. The van der Waals surface area contributed by atoms with Crippen LogP contribution in [-0.2, 0) is 20.7 Å². The second-order valence-corrected chi connectivity index (χ2v) is 6.68. The normalized spacial score (nSPS) is 11.2. The van der Waals surface area contributed by atoms with Crippen molar-refractivity contribution in [2.24, 2.45) is 0 Å². The molecule has 2 aromatic carbocycles. The number of carbonyl (C=O) groups excluding carboxylic acids is 3. The highest BCUT2D eigenvalue weighted by atomic mass is 79.9. The van der Waals surface area contributed by atoms with E-state index in [4.69, 9.17) is 14.2 Å². The lowest BCUT2D eigenvalue weighted by atomic mass is 10.1. The number of amides is 3. The highest BCUT2D eigenvalue weighted by Gasteiger charge is 2.27. The van der Waals surface area contributed by atoms with Gasteiger partial charge in [-0.2, -0.15) is 0 Å². The third kappa shape index (κ3) is 5.95. The molecule has 2 rings (SSSR count). The molecule has 9 heteroatoms. The molecule has 29 heavy (non-hydrogen) atoms. The summed E-state index contributed by atoms with van der Waals surface area (Å²) in [5, 5.41) is 4.41. The number of rotatable bonds is 7. The van der Waals surface area contributed by atoms with E-state index in [-0.39, 0.29) is 6.42 Å². The highest BCUT2D eigenvalue weighted by Crippen LogP contribution is 2.33. The Kier molecular flexibility index (Phi) is 8.02. The molecule has 2 N–H and O–H groups in total. The molecule has 3 amide bonds. The molecule has 0 aromatic heterocycles. The average Bonchev–Trinajstić information content (AvgIpc) is 2.73. The molecule has 0 spiro atoms. The summed E-state index contributed by atoms with van der Waals surface area (Å²) < 4.78 is 16.5. The predicted molar refractivity (Wildman–Crippen MR) is 109 cm³/mol. The van der Waals surface area contributed by atoms with E-state index in [0.29, 0.717) is 27.1 Å². The van der Waals surface area contributed by atoms with Crippen molar-refractivity contribution in [2.75, 3.05) is 21.3 Å². The minimum absolute atomic E-state index is 0.127. The Labute approximate surface area is 176 Å². The fourth-order valence-electron chi connectivity index (χ4n) is 2.50. The fourth-order valence-corrected chi connectivity index (χ4v) is 2.96. The van der Waals surface area contributed by atoms with Crippen LogP contribution in [0.15, 0.2) is 46.9 Å². The van der Waals surface area contributed by atoms with E-state index < -0.39 is 24.0 Å². The maximum atomic E-state index is 12.6. The van der Waals surface area contributed by atoms with Crippen molar-refractivity contribution in [2.45, 2.75) is 12.5 Å². The number of hydrogen-bond donors (Lipinski definition) is 2. The summed E-state index contributed by atoms with van der Waals surface area (Å²) >= 11 is 3.39. The van der Waals surface area contributed by atoms with Crippen molar-refractivity contribution in [3.8, 4) is 11.5 Å². The van der Waals surface area contributed by atoms with Gasteiger partial charge in [-0.05, 0) is 17.7 Å². The summed E-state index contributed by atoms with van der Waals surface area (Å²) in [6, 6.07) is 11.1. The molecule has 0 radical (unpaired) electrons. The van der Waals surface area contributed by atoms with E-state index in [0.717, 1.165) is 0 Å². The Balaban J connectivity index is 2.22. The molecule has 0 heterocycles. The van der Waals surface area contributed by atoms with Gasteiger partial charge < -0.3 is 19.5 Å². The van der Waals surface area contributed by atoms with Crippen molar-refractivity contribution < 1.29 is 28.6 Å².